The van der Waals surface area contributed by atoms with Crippen LogP contribution in [0.5, 0.6) is 11.5 Å². The van der Waals surface area contributed by atoms with E-state index in [2.05, 4.69) is 9.72 Å². The number of anilines is 1. The van der Waals surface area contributed by atoms with Crippen LogP contribution in [-0.2, 0) is 16.0 Å². The van der Waals surface area contributed by atoms with Gasteiger partial charge in [0.2, 0.25) is 0 Å². The van der Waals surface area contributed by atoms with Crippen LogP contribution in [0.1, 0.15) is 5.56 Å². The van der Waals surface area contributed by atoms with Crippen molar-refractivity contribution in [3.05, 3.63) is 48.3 Å². The van der Waals surface area contributed by atoms with Crippen molar-refractivity contribution in [3.8, 4) is 11.5 Å². The quantitative estimate of drug-likeness (QED) is 0.851. The van der Waals surface area contributed by atoms with Crippen LogP contribution in [0.2, 0.25) is 0 Å². The van der Waals surface area contributed by atoms with E-state index in [4.69, 9.17) is 10.5 Å². The molecule has 0 spiro atoms. The van der Waals surface area contributed by atoms with Crippen molar-refractivity contribution >= 4 is 11.7 Å². The number of rotatable bonds is 4. The fourth-order valence-electron chi connectivity index (χ4n) is 1.57. The maximum atomic E-state index is 11.3. The van der Waals surface area contributed by atoms with Crippen LogP contribution in [0.4, 0.5) is 5.69 Å². The van der Waals surface area contributed by atoms with E-state index in [0.29, 0.717) is 17.2 Å². The molecule has 0 unspecified atom stereocenters. The number of benzene rings is 1. The van der Waals surface area contributed by atoms with E-state index in [0.717, 1.165) is 5.56 Å². The lowest BCUT2D eigenvalue weighted by Gasteiger charge is -2.11. The van der Waals surface area contributed by atoms with Gasteiger partial charge in [-0.25, -0.2) is 0 Å². The number of nitrogen functional groups attached to an aromatic ring is 1. The summed E-state index contributed by atoms with van der Waals surface area (Å²) < 4.78 is 10.3. The smallest absolute Gasteiger partial charge is 0.310 e. The van der Waals surface area contributed by atoms with Gasteiger partial charge >= 0.3 is 5.97 Å². The van der Waals surface area contributed by atoms with Gasteiger partial charge in [0.1, 0.15) is 5.75 Å². The number of nitrogens with zero attached hydrogens (tertiary/aromatic N) is 1. The third-order valence-corrected chi connectivity index (χ3v) is 2.57. The second-order valence-electron chi connectivity index (χ2n) is 3.88. The predicted octanol–water partition coefficient (Wildman–Crippen LogP) is 2.17. The Bertz CT molecular complexity index is 584. The van der Waals surface area contributed by atoms with Crippen LogP contribution in [-0.4, -0.2) is 18.1 Å². The van der Waals surface area contributed by atoms with E-state index in [-0.39, 0.29) is 12.4 Å². The van der Waals surface area contributed by atoms with Crippen molar-refractivity contribution in [2.45, 2.75) is 6.42 Å². The maximum Gasteiger partial charge on any atom is 0.310 e. The van der Waals surface area contributed by atoms with E-state index >= 15 is 0 Å². The van der Waals surface area contributed by atoms with Crippen molar-refractivity contribution < 1.29 is 14.3 Å². The first-order chi connectivity index (χ1) is 9.20. The van der Waals surface area contributed by atoms with E-state index in [1.165, 1.54) is 13.3 Å². The highest BCUT2D eigenvalue weighted by Crippen LogP contribution is 2.28. The number of para-hydroxylation sites is 1. The molecule has 1 aromatic carbocycles. The first-order valence-electron chi connectivity index (χ1n) is 5.72. The molecule has 1 aromatic heterocycles. The van der Waals surface area contributed by atoms with E-state index in [9.17, 15) is 4.79 Å². The maximum absolute atomic E-state index is 11.3. The average molecular weight is 258 g/mol. The molecular formula is C14H14N2O3. The molecule has 5 heteroatoms. The number of aromatic nitrogens is 1. The van der Waals surface area contributed by atoms with Crippen LogP contribution in [0.3, 0.4) is 0 Å². The number of esters is 1. The predicted molar refractivity (Wildman–Crippen MR) is 70.9 cm³/mol. The van der Waals surface area contributed by atoms with Gasteiger partial charge in [0.15, 0.2) is 5.75 Å². The molecular weight excluding hydrogens is 244 g/mol. The zero-order valence-electron chi connectivity index (χ0n) is 10.5. The molecule has 0 saturated heterocycles. The molecule has 0 radical (unpaired) electrons. The topological polar surface area (TPSA) is 74.4 Å². The number of methoxy groups -OCH3 is 1. The molecule has 0 atom stereocenters. The molecule has 2 aromatic rings. The van der Waals surface area contributed by atoms with Crippen molar-refractivity contribution in [3.63, 3.8) is 0 Å². The summed E-state index contributed by atoms with van der Waals surface area (Å²) >= 11 is 0. The summed E-state index contributed by atoms with van der Waals surface area (Å²) in [5.74, 6) is 0.697. The molecule has 98 valence electrons. The molecule has 5 nitrogen and oxygen atoms in total. The minimum absolute atomic E-state index is 0.146. The molecule has 1 heterocycles. The van der Waals surface area contributed by atoms with Gasteiger partial charge in [0, 0.05) is 11.8 Å². The Morgan fingerprint density at radius 1 is 1.26 bits per heavy atom. The minimum Gasteiger partial charge on any atom is -0.469 e. The van der Waals surface area contributed by atoms with Crippen molar-refractivity contribution in [2.24, 2.45) is 0 Å². The number of pyridine rings is 1. The number of nitrogens with two attached hydrogens (primary N) is 1. The summed E-state index contributed by atoms with van der Waals surface area (Å²) in [7, 11) is 1.35. The van der Waals surface area contributed by atoms with Gasteiger partial charge in [0.25, 0.3) is 0 Å². The zero-order valence-corrected chi connectivity index (χ0v) is 10.5. The number of hydrogen-bond acceptors (Lipinski definition) is 5. The number of hydrogen-bond donors (Lipinski definition) is 1. The highest BCUT2D eigenvalue weighted by molar-refractivity contribution is 5.73. The zero-order chi connectivity index (χ0) is 13.7. The van der Waals surface area contributed by atoms with Crippen LogP contribution in [0.25, 0.3) is 0 Å². The van der Waals surface area contributed by atoms with Crippen LogP contribution >= 0.6 is 0 Å². The Labute approximate surface area is 111 Å². The fourth-order valence-corrected chi connectivity index (χ4v) is 1.57. The summed E-state index contributed by atoms with van der Waals surface area (Å²) in [5.41, 5.74) is 7.01. The number of carbonyl (C=O) groups is 1. The van der Waals surface area contributed by atoms with E-state index in [1.807, 2.05) is 12.1 Å². The fraction of sp³-hybridized carbons (Fsp3) is 0.143. The lowest BCUT2D eigenvalue weighted by molar-refractivity contribution is -0.139. The first-order valence-corrected chi connectivity index (χ1v) is 5.72. The second-order valence-corrected chi connectivity index (χ2v) is 3.88. The van der Waals surface area contributed by atoms with Crippen LogP contribution in [0.15, 0.2) is 42.7 Å². The second kappa shape index (κ2) is 5.86. The molecule has 0 aliphatic carbocycles. The van der Waals surface area contributed by atoms with Gasteiger partial charge in [-0.05, 0) is 12.1 Å². The molecule has 19 heavy (non-hydrogen) atoms. The molecule has 0 aliphatic heterocycles. The standard InChI is InChI=1S/C14H14N2O3/c1-18-14(17)8-10-4-2-3-5-12(10)19-13-9-16-7-6-11(13)15/h2-7,9H,8H2,1H3,(H2,15,16). The van der Waals surface area contributed by atoms with Crippen molar-refractivity contribution in [1.29, 1.82) is 0 Å². The van der Waals surface area contributed by atoms with Crippen LogP contribution in [0, 0.1) is 0 Å². The molecule has 0 fully saturated rings. The van der Waals surface area contributed by atoms with E-state index in [1.54, 1.807) is 24.4 Å². The Kier molecular flexibility index (Phi) is 3.97. The van der Waals surface area contributed by atoms with Crippen molar-refractivity contribution in [2.75, 3.05) is 12.8 Å². The van der Waals surface area contributed by atoms with Crippen molar-refractivity contribution in [1.82, 2.24) is 4.98 Å². The van der Waals surface area contributed by atoms with Gasteiger partial charge in [0.05, 0.1) is 25.4 Å². The SMILES string of the molecule is COC(=O)Cc1ccccc1Oc1cnccc1N. The Morgan fingerprint density at radius 2 is 2.05 bits per heavy atom. The third-order valence-electron chi connectivity index (χ3n) is 2.57. The molecule has 0 amide bonds. The van der Waals surface area contributed by atoms with Gasteiger partial charge < -0.3 is 15.2 Å². The highest BCUT2D eigenvalue weighted by atomic mass is 16.5. The lowest BCUT2D eigenvalue weighted by Crippen LogP contribution is -2.05. The molecule has 2 rings (SSSR count). The Balaban J connectivity index is 2.25. The largest absolute Gasteiger partial charge is 0.469 e. The Morgan fingerprint density at radius 3 is 2.79 bits per heavy atom. The molecule has 0 saturated carbocycles. The van der Waals surface area contributed by atoms with Gasteiger partial charge in [-0.3, -0.25) is 9.78 Å². The molecule has 0 bridgehead atoms. The summed E-state index contributed by atoms with van der Waals surface area (Å²) in [6.07, 6.45) is 3.26. The first kappa shape index (κ1) is 12.9. The lowest BCUT2D eigenvalue weighted by atomic mass is 10.1. The van der Waals surface area contributed by atoms with E-state index < -0.39 is 0 Å². The number of carbonyl (C=O) groups excluding carboxylic acids is 1. The summed E-state index contributed by atoms with van der Waals surface area (Å²) in [6, 6.07) is 8.88. The van der Waals surface area contributed by atoms with Crippen LogP contribution < -0.4 is 10.5 Å². The Hall–Kier alpha value is -2.56. The highest BCUT2D eigenvalue weighted by Gasteiger charge is 2.10. The summed E-state index contributed by atoms with van der Waals surface area (Å²) in [6.45, 7) is 0. The van der Waals surface area contributed by atoms with Gasteiger partial charge in [-0.15, -0.1) is 0 Å². The van der Waals surface area contributed by atoms with Gasteiger partial charge in [-0.1, -0.05) is 18.2 Å². The number of ether oxygens (including phenoxy) is 2. The summed E-state index contributed by atoms with van der Waals surface area (Å²) in [4.78, 5) is 15.3. The molecule has 0 aliphatic rings. The summed E-state index contributed by atoms with van der Waals surface area (Å²) in [5, 5.41) is 0. The third kappa shape index (κ3) is 3.22. The monoisotopic (exact) mass is 258 g/mol. The average Bonchev–Trinajstić information content (AvgIpc) is 2.43. The minimum atomic E-state index is -0.324. The normalized spacial score (nSPS) is 9.95. The van der Waals surface area contributed by atoms with Gasteiger partial charge in [-0.2, -0.15) is 0 Å². The molecule has 2 N–H and O–H groups in total.